The SMILES string of the molecule is CC(C)C[C@H](N)C(=O)NS(=O)(=O)OC[C@H]1OC[C@@H](n2cnc3c(N)ncnc32)C[C@@H]1O. The molecule has 1 saturated heterocycles. The van der Waals surface area contributed by atoms with Crippen LogP contribution >= 0.6 is 0 Å². The van der Waals surface area contributed by atoms with Gasteiger partial charge >= 0.3 is 10.3 Å². The summed E-state index contributed by atoms with van der Waals surface area (Å²) in [6, 6.07) is -1.27. The number of aromatic nitrogens is 4. The molecule has 0 spiro atoms. The number of nitrogen functional groups attached to an aromatic ring is 1. The number of hydrogen-bond acceptors (Lipinski definition) is 11. The largest absolute Gasteiger partial charge is 0.390 e. The number of aliphatic hydroxyl groups excluding tert-OH is 1. The number of ether oxygens (including phenoxy) is 1. The standard InChI is InChI=1S/C17H27N7O6S/c1-9(2)3-11(18)17(26)23-31(27,28)30-6-13-12(25)4-10(5-29-13)24-8-22-14-15(19)20-7-21-16(14)24/h7-13,25H,3-6,18H2,1-2H3,(H,23,26)(H2,19,20,21)/t10-,11-,12-,13+/m0/s1. The minimum Gasteiger partial charge on any atom is -0.390 e. The molecular formula is C17H27N7O6S. The number of carbonyl (C=O) groups is 1. The van der Waals surface area contributed by atoms with Crippen LogP contribution in [0.5, 0.6) is 0 Å². The molecule has 1 amide bonds. The van der Waals surface area contributed by atoms with Crippen molar-refractivity contribution in [2.45, 2.75) is 51.0 Å². The second kappa shape index (κ2) is 9.40. The first kappa shape index (κ1) is 23.3. The highest BCUT2D eigenvalue weighted by atomic mass is 32.2. The van der Waals surface area contributed by atoms with Crippen LogP contribution in [0.4, 0.5) is 5.82 Å². The van der Waals surface area contributed by atoms with Gasteiger partial charge in [0.05, 0.1) is 37.7 Å². The van der Waals surface area contributed by atoms with E-state index in [1.807, 2.05) is 13.8 Å². The number of imidazole rings is 1. The van der Waals surface area contributed by atoms with Crippen LogP contribution in [0, 0.1) is 5.92 Å². The first-order valence-corrected chi connectivity index (χ1v) is 11.2. The average Bonchev–Trinajstić information content (AvgIpc) is 3.11. The van der Waals surface area contributed by atoms with Gasteiger partial charge in [-0.15, -0.1) is 0 Å². The van der Waals surface area contributed by atoms with Crippen molar-refractivity contribution in [1.82, 2.24) is 24.2 Å². The molecule has 1 aliphatic heterocycles. The van der Waals surface area contributed by atoms with E-state index in [4.69, 9.17) is 20.4 Å². The fourth-order valence-corrected chi connectivity index (χ4v) is 4.10. The summed E-state index contributed by atoms with van der Waals surface area (Å²) in [6.45, 7) is 3.42. The topological polar surface area (TPSA) is 198 Å². The zero-order valence-corrected chi connectivity index (χ0v) is 18.0. The normalized spacial score (nSPS) is 23.2. The molecule has 4 atom stereocenters. The first-order valence-electron chi connectivity index (χ1n) is 9.76. The van der Waals surface area contributed by atoms with E-state index in [1.165, 1.54) is 12.7 Å². The smallest absolute Gasteiger partial charge is 0.362 e. The van der Waals surface area contributed by atoms with Gasteiger partial charge in [-0.1, -0.05) is 13.8 Å². The summed E-state index contributed by atoms with van der Waals surface area (Å²) in [5.74, 6) is -0.488. The molecule has 0 bridgehead atoms. The molecule has 3 heterocycles. The van der Waals surface area contributed by atoms with Crippen molar-refractivity contribution in [2.75, 3.05) is 18.9 Å². The van der Waals surface area contributed by atoms with E-state index in [9.17, 15) is 18.3 Å². The summed E-state index contributed by atoms with van der Waals surface area (Å²) in [7, 11) is -4.39. The van der Waals surface area contributed by atoms with Crippen molar-refractivity contribution >= 4 is 33.2 Å². The molecule has 2 aromatic rings. The van der Waals surface area contributed by atoms with Crippen molar-refractivity contribution < 1.29 is 27.2 Å². The molecule has 6 N–H and O–H groups in total. The highest BCUT2D eigenvalue weighted by molar-refractivity contribution is 7.85. The number of hydrogen-bond donors (Lipinski definition) is 4. The zero-order chi connectivity index (χ0) is 22.8. The third-order valence-electron chi connectivity index (χ3n) is 4.90. The van der Waals surface area contributed by atoms with Crippen molar-refractivity contribution in [1.29, 1.82) is 0 Å². The van der Waals surface area contributed by atoms with Crippen LogP contribution < -0.4 is 16.2 Å². The molecule has 14 heteroatoms. The van der Waals surface area contributed by atoms with Crippen LogP contribution in [-0.2, 0) is 24.0 Å². The molecule has 2 aromatic heterocycles. The summed E-state index contributed by atoms with van der Waals surface area (Å²) in [5.41, 5.74) is 12.4. The molecule has 31 heavy (non-hydrogen) atoms. The molecule has 1 fully saturated rings. The van der Waals surface area contributed by atoms with Crippen LogP contribution in [0.3, 0.4) is 0 Å². The van der Waals surface area contributed by atoms with E-state index in [0.717, 1.165) is 0 Å². The van der Waals surface area contributed by atoms with Crippen LogP contribution in [0.15, 0.2) is 12.7 Å². The van der Waals surface area contributed by atoms with Gasteiger partial charge in [0.15, 0.2) is 11.5 Å². The maximum Gasteiger partial charge on any atom is 0.362 e. The van der Waals surface area contributed by atoms with Gasteiger partial charge < -0.3 is 25.9 Å². The van der Waals surface area contributed by atoms with E-state index < -0.39 is 41.1 Å². The quantitative estimate of drug-likeness (QED) is 0.373. The van der Waals surface area contributed by atoms with Crippen molar-refractivity contribution in [3.05, 3.63) is 12.7 Å². The first-order chi connectivity index (χ1) is 14.6. The number of nitrogens with two attached hydrogens (primary N) is 2. The monoisotopic (exact) mass is 457 g/mol. The molecule has 13 nitrogen and oxygen atoms in total. The van der Waals surface area contributed by atoms with Crippen LogP contribution in [-0.4, -0.2) is 70.4 Å². The van der Waals surface area contributed by atoms with Crippen LogP contribution in [0.25, 0.3) is 11.2 Å². The van der Waals surface area contributed by atoms with Gasteiger partial charge in [-0.25, -0.2) is 19.7 Å². The summed E-state index contributed by atoms with van der Waals surface area (Å²) < 4.78 is 38.0. The lowest BCUT2D eigenvalue weighted by Gasteiger charge is -2.33. The number of aliphatic hydroxyl groups is 1. The Kier molecular flexibility index (Phi) is 7.06. The molecular weight excluding hydrogens is 430 g/mol. The van der Waals surface area contributed by atoms with Crippen LogP contribution in [0.2, 0.25) is 0 Å². The van der Waals surface area contributed by atoms with Crippen molar-refractivity contribution in [3.8, 4) is 0 Å². The Morgan fingerprint density at radius 2 is 2.16 bits per heavy atom. The van der Waals surface area contributed by atoms with E-state index in [1.54, 1.807) is 9.29 Å². The van der Waals surface area contributed by atoms with E-state index >= 15 is 0 Å². The predicted molar refractivity (Wildman–Crippen MR) is 110 cm³/mol. The summed E-state index contributed by atoms with van der Waals surface area (Å²) in [6.07, 6.45) is 1.50. The van der Waals surface area contributed by atoms with Crippen molar-refractivity contribution in [3.63, 3.8) is 0 Å². The lowest BCUT2D eigenvalue weighted by molar-refractivity contribution is -0.121. The Morgan fingerprint density at radius 3 is 2.84 bits per heavy atom. The number of fused-ring (bicyclic) bond motifs is 1. The van der Waals surface area contributed by atoms with Gasteiger partial charge in [-0.2, -0.15) is 8.42 Å². The molecule has 0 aromatic carbocycles. The third-order valence-corrected chi connectivity index (χ3v) is 5.80. The molecule has 172 valence electrons. The minimum atomic E-state index is -4.39. The number of amides is 1. The number of nitrogens with one attached hydrogen (secondary N) is 1. The van der Waals surface area contributed by atoms with Gasteiger partial charge in [0.1, 0.15) is 17.9 Å². The second-order valence-electron chi connectivity index (χ2n) is 7.85. The van der Waals surface area contributed by atoms with E-state index in [-0.39, 0.29) is 30.8 Å². The Hall–Kier alpha value is -2.39. The Bertz CT molecular complexity index is 1030. The third kappa shape index (κ3) is 5.65. The number of rotatable bonds is 8. The van der Waals surface area contributed by atoms with Gasteiger partial charge in [-0.05, 0) is 18.8 Å². The Morgan fingerprint density at radius 1 is 1.42 bits per heavy atom. The van der Waals surface area contributed by atoms with Crippen LogP contribution in [0.1, 0.15) is 32.7 Å². The minimum absolute atomic E-state index is 0.124. The molecule has 1 aliphatic rings. The molecule has 0 saturated carbocycles. The lowest BCUT2D eigenvalue weighted by atomic mass is 10.0. The Labute approximate surface area is 179 Å². The number of carbonyl (C=O) groups excluding carboxylic acids is 1. The van der Waals surface area contributed by atoms with Gasteiger partial charge in [0.25, 0.3) is 5.91 Å². The summed E-state index contributed by atoms with van der Waals surface area (Å²) >= 11 is 0. The molecule has 0 radical (unpaired) electrons. The molecule has 0 aliphatic carbocycles. The van der Waals surface area contributed by atoms with Crippen molar-refractivity contribution in [2.24, 2.45) is 11.7 Å². The number of anilines is 1. The maximum atomic E-state index is 12.0. The zero-order valence-electron chi connectivity index (χ0n) is 17.2. The van der Waals surface area contributed by atoms with E-state index in [2.05, 4.69) is 15.0 Å². The number of nitrogens with zero attached hydrogens (tertiary/aromatic N) is 4. The average molecular weight is 458 g/mol. The second-order valence-corrected chi connectivity index (χ2v) is 9.20. The summed E-state index contributed by atoms with van der Waals surface area (Å²) in [5, 5.41) is 10.4. The highest BCUT2D eigenvalue weighted by Crippen LogP contribution is 2.27. The Balaban J connectivity index is 1.55. The fourth-order valence-electron chi connectivity index (χ4n) is 3.33. The van der Waals surface area contributed by atoms with Gasteiger partial charge in [-0.3, -0.25) is 8.98 Å². The fraction of sp³-hybridized carbons (Fsp3) is 0.647. The van der Waals surface area contributed by atoms with Gasteiger partial charge in [0, 0.05) is 0 Å². The summed E-state index contributed by atoms with van der Waals surface area (Å²) in [4.78, 5) is 24.1. The van der Waals surface area contributed by atoms with Gasteiger partial charge in [0.2, 0.25) is 0 Å². The predicted octanol–water partition coefficient (Wildman–Crippen LogP) is -1.15. The lowest BCUT2D eigenvalue weighted by Crippen LogP contribution is -2.46. The highest BCUT2D eigenvalue weighted by Gasteiger charge is 2.33. The maximum absolute atomic E-state index is 12.0. The molecule has 3 rings (SSSR count). The molecule has 0 unspecified atom stereocenters. The van der Waals surface area contributed by atoms with E-state index in [0.29, 0.717) is 17.6 Å².